The molecule has 118 valence electrons. The fourth-order valence-electron chi connectivity index (χ4n) is 3.26. The molecule has 1 aromatic heterocycles. The third-order valence-corrected chi connectivity index (χ3v) is 4.83. The Morgan fingerprint density at radius 3 is 2.91 bits per heavy atom. The summed E-state index contributed by atoms with van der Waals surface area (Å²) in [5.41, 5.74) is 8.66. The number of amides is 1. The maximum absolute atomic E-state index is 12.2. The van der Waals surface area contributed by atoms with Crippen LogP contribution >= 0.6 is 0 Å². The summed E-state index contributed by atoms with van der Waals surface area (Å²) in [6.45, 7) is 2.98. The first-order valence-electron chi connectivity index (χ1n) is 8.22. The highest BCUT2D eigenvalue weighted by Crippen LogP contribution is 2.48. The summed E-state index contributed by atoms with van der Waals surface area (Å²) in [7, 11) is 0. The second kappa shape index (κ2) is 6.13. The van der Waals surface area contributed by atoms with Gasteiger partial charge in [0.1, 0.15) is 0 Å². The lowest BCUT2D eigenvalue weighted by molar-refractivity contribution is -0.122. The first kappa shape index (κ1) is 15.1. The van der Waals surface area contributed by atoms with Crippen molar-refractivity contribution in [3.05, 3.63) is 36.0 Å². The van der Waals surface area contributed by atoms with Crippen LogP contribution < -0.4 is 11.1 Å². The van der Waals surface area contributed by atoms with Crippen LogP contribution in [0.15, 0.2) is 30.5 Å². The molecule has 1 atom stereocenters. The Balaban J connectivity index is 1.57. The van der Waals surface area contributed by atoms with Crippen molar-refractivity contribution in [3.63, 3.8) is 0 Å². The van der Waals surface area contributed by atoms with Gasteiger partial charge in [0.2, 0.25) is 5.91 Å². The highest BCUT2D eigenvalue weighted by Gasteiger charge is 2.41. The van der Waals surface area contributed by atoms with Gasteiger partial charge in [-0.15, -0.1) is 0 Å². The number of para-hydroxylation sites is 1. The second-order valence-electron chi connectivity index (χ2n) is 6.64. The standard InChI is InChI=1S/C18H25N3O/c1-2-7-18(8-9-18)12-21-17(22)15(19)10-13-11-20-16-6-4-3-5-14(13)16/h3-6,11,15,20H,2,7-10,12,19H2,1H3,(H,21,22)/t15-/m0/s1. The van der Waals surface area contributed by atoms with E-state index in [0.717, 1.165) is 23.0 Å². The minimum Gasteiger partial charge on any atom is -0.361 e. The van der Waals surface area contributed by atoms with Crippen LogP contribution in [0.3, 0.4) is 0 Å². The van der Waals surface area contributed by atoms with Crippen molar-refractivity contribution in [2.75, 3.05) is 6.54 Å². The highest BCUT2D eigenvalue weighted by atomic mass is 16.2. The molecular formula is C18H25N3O. The van der Waals surface area contributed by atoms with Gasteiger partial charge in [-0.3, -0.25) is 4.79 Å². The van der Waals surface area contributed by atoms with E-state index in [9.17, 15) is 4.79 Å². The number of nitrogens with one attached hydrogen (secondary N) is 2. The minimum absolute atomic E-state index is 0.0346. The van der Waals surface area contributed by atoms with Crippen molar-refractivity contribution in [1.29, 1.82) is 0 Å². The number of H-pyrrole nitrogens is 1. The van der Waals surface area contributed by atoms with Crippen LogP contribution in [0.4, 0.5) is 0 Å². The number of carbonyl (C=O) groups is 1. The van der Waals surface area contributed by atoms with Crippen LogP contribution in [0.1, 0.15) is 38.2 Å². The fraction of sp³-hybridized carbons (Fsp3) is 0.500. The topological polar surface area (TPSA) is 70.9 Å². The smallest absolute Gasteiger partial charge is 0.237 e. The average Bonchev–Trinajstić information content (AvgIpc) is 3.18. The van der Waals surface area contributed by atoms with Gasteiger partial charge in [-0.1, -0.05) is 31.5 Å². The molecule has 1 aliphatic rings. The Morgan fingerprint density at radius 1 is 1.41 bits per heavy atom. The molecule has 0 spiro atoms. The third kappa shape index (κ3) is 3.17. The van der Waals surface area contributed by atoms with Gasteiger partial charge in [0, 0.05) is 23.6 Å². The van der Waals surface area contributed by atoms with Gasteiger partial charge in [0.25, 0.3) is 0 Å². The van der Waals surface area contributed by atoms with Crippen LogP contribution in [-0.2, 0) is 11.2 Å². The molecule has 4 N–H and O–H groups in total. The Labute approximate surface area is 131 Å². The second-order valence-corrected chi connectivity index (χ2v) is 6.64. The van der Waals surface area contributed by atoms with Crippen LogP contribution in [0.25, 0.3) is 10.9 Å². The molecule has 3 rings (SSSR count). The Kier molecular flexibility index (Phi) is 4.21. The average molecular weight is 299 g/mol. The molecule has 0 radical (unpaired) electrons. The van der Waals surface area contributed by atoms with Crippen LogP contribution in [0.5, 0.6) is 0 Å². The predicted octanol–water partition coefficient (Wildman–Crippen LogP) is 2.73. The summed E-state index contributed by atoms with van der Waals surface area (Å²) in [6, 6.07) is 7.61. The van der Waals surface area contributed by atoms with E-state index in [4.69, 9.17) is 5.73 Å². The lowest BCUT2D eigenvalue weighted by atomic mass is 10.00. The summed E-state index contributed by atoms with van der Waals surface area (Å²) in [5.74, 6) is -0.0346. The van der Waals surface area contributed by atoms with E-state index in [1.165, 1.54) is 25.7 Å². The number of rotatable bonds is 7. The molecule has 1 saturated carbocycles. The van der Waals surface area contributed by atoms with E-state index in [2.05, 4.69) is 23.3 Å². The fourth-order valence-corrected chi connectivity index (χ4v) is 3.26. The van der Waals surface area contributed by atoms with E-state index >= 15 is 0 Å². The van der Waals surface area contributed by atoms with Gasteiger partial charge in [0.05, 0.1) is 6.04 Å². The van der Waals surface area contributed by atoms with E-state index < -0.39 is 6.04 Å². The summed E-state index contributed by atoms with van der Waals surface area (Å²) in [4.78, 5) is 15.5. The third-order valence-electron chi connectivity index (χ3n) is 4.83. The molecule has 0 bridgehead atoms. The van der Waals surface area contributed by atoms with Gasteiger partial charge in [0.15, 0.2) is 0 Å². The van der Waals surface area contributed by atoms with E-state index in [-0.39, 0.29) is 5.91 Å². The van der Waals surface area contributed by atoms with Crippen molar-refractivity contribution < 1.29 is 4.79 Å². The SMILES string of the molecule is CCCC1(CNC(=O)[C@@H](N)Cc2c[nH]c3ccccc23)CC1. The lowest BCUT2D eigenvalue weighted by Crippen LogP contribution is -2.44. The summed E-state index contributed by atoms with van der Waals surface area (Å²) >= 11 is 0. The number of carbonyl (C=O) groups excluding carboxylic acids is 1. The van der Waals surface area contributed by atoms with Crippen LogP contribution in [-0.4, -0.2) is 23.5 Å². The number of aromatic amines is 1. The Morgan fingerprint density at radius 2 is 2.18 bits per heavy atom. The quantitative estimate of drug-likeness (QED) is 0.735. The molecule has 1 aromatic carbocycles. The van der Waals surface area contributed by atoms with Crippen molar-refractivity contribution in [2.24, 2.45) is 11.1 Å². The van der Waals surface area contributed by atoms with E-state index in [0.29, 0.717) is 11.8 Å². The molecule has 1 fully saturated rings. The zero-order valence-electron chi connectivity index (χ0n) is 13.2. The van der Waals surface area contributed by atoms with Gasteiger partial charge in [-0.2, -0.15) is 0 Å². The molecule has 0 aliphatic heterocycles. The minimum atomic E-state index is -0.489. The molecule has 4 heteroatoms. The maximum Gasteiger partial charge on any atom is 0.237 e. The van der Waals surface area contributed by atoms with Crippen molar-refractivity contribution in [3.8, 4) is 0 Å². The van der Waals surface area contributed by atoms with Crippen molar-refractivity contribution >= 4 is 16.8 Å². The molecule has 22 heavy (non-hydrogen) atoms. The molecule has 1 aliphatic carbocycles. The van der Waals surface area contributed by atoms with Gasteiger partial charge >= 0.3 is 0 Å². The molecule has 0 unspecified atom stereocenters. The van der Waals surface area contributed by atoms with Crippen molar-refractivity contribution in [2.45, 2.75) is 45.1 Å². The van der Waals surface area contributed by atoms with Crippen molar-refractivity contribution in [1.82, 2.24) is 10.3 Å². The number of hydrogen-bond acceptors (Lipinski definition) is 2. The Hall–Kier alpha value is -1.81. The lowest BCUT2D eigenvalue weighted by Gasteiger charge is -2.17. The number of hydrogen-bond donors (Lipinski definition) is 3. The molecule has 1 amide bonds. The number of nitrogens with two attached hydrogens (primary N) is 1. The molecule has 1 heterocycles. The molecule has 0 saturated heterocycles. The first-order chi connectivity index (χ1) is 10.6. The summed E-state index contributed by atoms with van der Waals surface area (Å²) < 4.78 is 0. The first-order valence-corrected chi connectivity index (χ1v) is 8.22. The van der Waals surface area contributed by atoms with Gasteiger partial charge < -0.3 is 16.0 Å². The molecular weight excluding hydrogens is 274 g/mol. The largest absolute Gasteiger partial charge is 0.361 e. The van der Waals surface area contributed by atoms with Crippen LogP contribution in [0.2, 0.25) is 0 Å². The van der Waals surface area contributed by atoms with Gasteiger partial charge in [-0.25, -0.2) is 0 Å². The number of benzene rings is 1. The maximum atomic E-state index is 12.2. The monoisotopic (exact) mass is 299 g/mol. The summed E-state index contributed by atoms with van der Waals surface area (Å²) in [6.07, 6.45) is 7.37. The van der Waals surface area contributed by atoms with E-state index in [1.807, 2.05) is 24.4 Å². The zero-order valence-corrected chi connectivity index (χ0v) is 13.2. The van der Waals surface area contributed by atoms with Gasteiger partial charge in [-0.05, 0) is 42.7 Å². The molecule has 2 aromatic rings. The number of fused-ring (bicyclic) bond motifs is 1. The predicted molar refractivity (Wildman–Crippen MR) is 89.6 cm³/mol. The zero-order chi connectivity index (χ0) is 15.6. The molecule has 4 nitrogen and oxygen atoms in total. The summed E-state index contributed by atoms with van der Waals surface area (Å²) in [5, 5.41) is 4.20. The van der Waals surface area contributed by atoms with Crippen LogP contribution in [0, 0.1) is 5.41 Å². The normalized spacial score (nSPS) is 17.4. The highest BCUT2D eigenvalue weighted by molar-refractivity contribution is 5.86. The Bertz CT molecular complexity index is 657. The van der Waals surface area contributed by atoms with E-state index in [1.54, 1.807) is 0 Å². The number of aromatic nitrogens is 1.